The fourth-order valence-corrected chi connectivity index (χ4v) is 6.87. The third-order valence-electron chi connectivity index (χ3n) is 10.6. The van der Waals surface area contributed by atoms with Crippen LogP contribution in [-0.4, -0.2) is 65.8 Å². The molecule has 7 nitrogen and oxygen atoms in total. The number of ether oxygens (including phenoxy) is 7. The molecule has 2 unspecified atom stereocenters. The summed E-state index contributed by atoms with van der Waals surface area (Å²) < 4.78 is 42.2. The Balaban J connectivity index is 4.54. The zero-order valence-corrected chi connectivity index (χ0v) is 38.9. The normalized spacial score (nSPS) is 13.3. The Morgan fingerprint density at radius 2 is 0.614 bits per heavy atom. The average molecular weight is 811 g/mol. The monoisotopic (exact) mass is 811 g/mol. The van der Waals surface area contributed by atoms with Crippen molar-refractivity contribution in [3.05, 3.63) is 24.3 Å². The van der Waals surface area contributed by atoms with Gasteiger partial charge in [0.2, 0.25) is 0 Å². The van der Waals surface area contributed by atoms with Gasteiger partial charge in [-0.05, 0) is 89.2 Å². The van der Waals surface area contributed by atoms with E-state index in [1.54, 1.807) is 14.2 Å². The molecule has 0 aliphatic rings. The van der Waals surface area contributed by atoms with Crippen LogP contribution in [0.25, 0.3) is 0 Å². The molecule has 0 spiro atoms. The number of hydrogen-bond donors (Lipinski definition) is 0. The summed E-state index contributed by atoms with van der Waals surface area (Å²) >= 11 is 0. The predicted octanol–water partition coefficient (Wildman–Crippen LogP) is 15.3. The van der Waals surface area contributed by atoms with E-state index in [4.69, 9.17) is 33.2 Å². The highest BCUT2D eigenvalue weighted by Gasteiger charge is 2.13. The Labute approximate surface area is 355 Å². The van der Waals surface area contributed by atoms with E-state index in [1.165, 1.54) is 128 Å². The lowest BCUT2D eigenvalue weighted by atomic mass is 10.1. The molecule has 0 aliphatic heterocycles. The fourth-order valence-electron chi connectivity index (χ4n) is 6.87. The van der Waals surface area contributed by atoms with Crippen molar-refractivity contribution in [3.63, 3.8) is 0 Å². The maximum Gasteiger partial charge on any atom is 0.179 e. The lowest BCUT2D eigenvalue weighted by molar-refractivity contribution is -0.188. The van der Waals surface area contributed by atoms with Crippen molar-refractivity contribution < 1.29 is 33.2 Å². The Morgan fingerprint density at radius 3 is 0.895 bits per heavy atom. The van der Waals surface area contributed by atoms with E-state index in [9.17, 15) is 0 Å². The van der Waals surface area contributed by atoms with Crippen LogP contribution in [0.2, 0.25) is 0 Å². The Bertz CT molecular complexity index is 706. The molecular weight excluding hydrogens is 713 g/mol. The molecular formula is C50H98O7. The Morgan fingerprint density at radius 1 is 0.333 bits per heavy atom. The van der Waals surface area contributed by atoms with Gasteiger partial charge in [0.25, 0.3) is 0 Å². The molecule has 0 saturated heterocycles. The summed E-state index contributed by atoms with van der Waals surface area (Å²) in [6, 6.07) is 0. The van der Waals surface area contributed by atoms with Crippen LogP contribution in [0.4, 0.5) is 0 Å². The second-order valence-electron chi connectivity index (χ2n) is 16.2. The van der Waals surface area contributed by atoms with Gasteiger partial charge < -0.3 is 33.2 Å². The number of hydrogen-bond acceptors (Lipinski definition) is 7. The van der Waals surface area contributed by atoms with Gasteiger partial charge in [-0.15, -0.1) is 0 Å². The van der Waals surface area contributed by atoms with Gasteiger partial charge >= 0.3 is 0 Å². The van der Waals surface area contributed by atoms with Crippen LogP contribution in [0.5, 0.6) is 0 Å². The molecule has 57 heavy (non-hydrogen) atoms. The average Bonchev–Trinajstić information content (AvgIpc) is 3.22. The molecule has 0 heterocycles. The van der Waals surface area contributed by atoms with E-state index in [2.05, 4.69) is 39.8 Å². The summed E-state index contributed by atoms with van der Waals surface area (Å²) in [6.07, 6.45) is 46.0. The van der Waals surface area contributed by atoms with Gasteiger partial charge in [0.15, 0.2) is 25.2 Å². The van der Waals surface area contributed by atoms with Gasteiger partial charge in [-0.2, -0.15) is 0 Å². The van der Waals surface area contributed by atoms with Gasteiger partial charge in [-0.3, -0.25) is 0 Å². The molecule has 0 aromatic rings. The Hall–Kier alpha value is -0.800. The molecule has 0 N–H and O–H groups in total. The first-order chi connectivity index (χ1) is 28.1. The van der Waals surface area contributed by atoms with Gasteiger partial charge in [0, 0.05) is 40.6 Å². The molecule has 0 radical (unpaired) electrons. The minimum atomic E-state index is -0.456. The number of methoxy groups -OCH3 is 2. The van der Waals surface area contributed by atoms with Crippen LogP contribution in [0, 0.1) is 0 Å². The van der Waals surface area contributed by atoms with Crippen LogP contribution in [0.3, 0.4) is 0 Å². The molecule has 0 aromatic carbocycles. The zero-order chi connectivity index (χ0) is 41.5. The first kappa shape index (κ1) is 56.2. The predicted molar refractivity (Wildman–Crippen MR) is 243 cm³/mol. The smallest absolute Gasteiger partial charge is 0.179 e. The highest BCUT2D eigenvalue weighted by molar-refractivity contribution is 4.89. The van der Waals surface area contributed by atoms with Gasteiger partial charge in [-0.1, -0.05) is 168 Å². The third kappa shape index (κ3) is 41.7. The van der Waals surface area contributed by atoms with Gasteiger partial charge in [0.05, 0.1) is 0 Å². The first-order valence-electron chi connectivity index (χ1n) is 24.7. The summed E-state index contributed by atoms with van der Waals surface area (Å²) in [6.45, 7) is 12.3. The molecule has 7 heteroatoms. The summed E-state index contributed by atoms with van der Waals surface area (Å²) in [5.74, 6) is 0. The molecule has 0 aromatic heterocycles. The molecule has 0 saturated carbocycles. The van der Waals surface area contributed by atoms with Gasteiger partial charge in [0.1, 0.15) is 0 Å². The van der Waals surface area contributed by atoms with Crippen LogP contribution >= 0.6 is 0 Å². The molecule has 0 fully saturated rings. The fraction of sp³-hybridized carbons (Fsp3) is 0.920. The lowest BCUT2D eigenvalue weighted by Gasteiger charge is -2.19. The quantitative estimate of drug-likeness (QED) is 0.0344. The first-order valence-corrected chi connectivity index (χ1v) is 24.7. The van der Waals surface area contributed by atoms with Crippen molar-refractivity contribution >= 4 is 0 Å². The van der Waals surface area contributed by atoms with Crippen molar-refractivity contribution in [2.45, 2.75) is 258 Å². The second-order valence-corrected chi connectivity index (χ2v) is 16.2. The third-order valence-corrected chi connectivity index (χ3v) is 10.6. The molecule has 0 bridgehead atoms. The van der Waals surface area contributed by atoms with E-state index in [-0.39, 0.29) is 12.6 Å². The molecule has 340 valence electrons. The number of allylic oxidation sites excluding steroid dienone is 2. The molecule has 0 aliphatic carbocycles. The summed E-state index contributed by atoms with van der Waals surface area (Å²) in [7, 11) is 3.36. The number of unbranched alkanes of at least 4 members (excludes halogenated alkanes) is 24. The maximum absolute atomic E-state index is 6.23. The highest BCUT2D eigenvalue weighted by atomic mass is 16.8. The topological polar surface area (TPSA) is 64.6 Å². The van der Waals surface area contributed by atoms with E-state index in [1.807, 2.05) is 12.2 Å². The van der Waals surface area contributed by atoms with E-state index in [0.717, 1.165) is 103 Å². The highest BCUT2D eigenvalue weighted by Crippen LogP contribution is 2.16. The van der Waals surface area contributed by atoms with Crippen LogP contribution in [0.15, 0.2) is 24.3 Å². The molecule has 0 rings (SSSR count). The molecule has 2 atom stereocenters. The second kappa shape index (κ2) is 47.9. The Kier molecular flexibility index (Phi) is 47.2. The minimum absolute atomic E-state index is 0.0857. The summed E-state index contributed by atoms with van der Waals surface area (Å²) in [5, 5.41) is 0. The number of rotatable bonds is 48. The van der Waals surface area contributed by atoms with Crippen LogP contribution < -0.4 is 0 Å². The van der Waals surface area contributed by atoms with E-state index >= 15 is 0 Å². The zero-order valence-electron chi connectivity index (χ0n) is 38.9. The van der Waals surface area contributed by atoms with Crippen LogP contribution in [-0.2, 0) is 33.2 Å². The van der Waals surface area contributed by atoms with Crippen molar-refractivity contribution in [1.29, 1.82) is 0 Å². The van der Waals surface area contributed by atoms with Crippen molar-refractivity contribution in [2.24, 2.45) is 0 Å². The SMILES string of the molecule is CCCCCCCCOC(CCCCC=CC(OC)OC(C=CCCCCC(OCCCCCCCC)OCCCCCCCC)OC)OCCCCCCCC. The van der Waals surface area contributed by atoms with Gasteiger partial charge in [-0.25, -0.2) is 0 Å². The van der Waals surface area contributed by atoms with E-state index < -0.39 is 12.6 Å². The van der Waals surface area contributed by atoms with E-state index in [0.29, 0.717) is 0 Å². The molecule has 0 amide bonds. The summed E-state index contributed by atoms with van der Waals surface area (Å²) in [5.41, 5.74) is 0. The largest absolute Gasteiger partial charge is 0.353 e. The van der Waals surface area contributed by atoms with Crippen LogP contribution in [0.1, 0.15) is 233 Å². The van der Waals surface area contributed by atoms with Crippen molar-refractivity contribution in [1.82, 2.24) is 0 Å². The standard InChI is InChI=1S/C50H98O7/c1-7-11-15-19-27-35-43-53-49(54-44-36-28-20-16-12-8-2)41-33-25-23-31-39-47(51-5)57-48(52-6)40-32-24-26-34-42-50(55-45-37-29-21-17-13-9-3)56-46-38-30-22-18-14-10-4/h31-32,39-40,47-50H,7-30,33-38,41-46H2,1-6H3. The van der Waals surface area contributed by atoms with Crippen molar-refractivity contribution in [2.75, 3.05) is 40.6 Å². The lowest BCUT2D eigenvalue weighted by Crippen LogP contribution is -2.22. The maximum atomic E-state index is 6.23. The minimum Gasteiger partial charge on any atom is -0.353 e. The van der Waals surface area contributed by atoms with Crippen molar-refractivity contribution in [3.8, 4) is 0 Å². The summed E-state index contributed by atoms with van der Waals surface area (Å²) in [4.78, 5) is 0.